The molecule has 3 amide bonds. The Morgan fingerprint density at radius 2 is 1.85 bits per heavy atom. The van der Waals surface area contributed by atoms with E-state index in [1.165, 1.54) is 16.9 Å². The number of aryl methyl sites for hydroxylation is 2. The summed E-state index contributed by atoms with van der Waals surface area (Å²) in [4.78, 5) is 40.3. The zero-order valence-electron chi connectivity index (χ0n) is 15.2. The summed E-state index contributed by atoms with van der Waals surface area (Å²) in [6.45, 7) is 5.46. The fourth-order valence-electron chi connectivity index (χ4n) is 3.14. The number of benzene rings is 1. The molecule has 5 nitrogen and oxygen atoms in total. The largest absolute Gasteiger partial charge is 0.325 e. The van der Waals surface area contributed by atoms with Crippen molar-refractivity contribution >= 4 is 29.1 Å². The standard InChI is InChI=1S/C20H22N2O3S/c1-4-5-14-7-9-15(10-8-14)20(3)18(24)22(19(25)21-20)12-16(23)17-11-6-13(2)26-17/h6-11H,4-5,12H2,1-3H3,(H,21,25)/t20-/m0/s1. The highest BCUT2D eigenvalue weighted by Gasteiger charge is 2.49. The van der Waals surface area contributed by atoms with Gasteiger partial charge in [0.25, 0.3) is 5.91 Å². The third kappa shape index (κ3) is 3.29. The molecule has 1 atom stereocenters. The predicted octanol–water partition coefficient (Wildman–Crippen LogP) is 3.66. The Bertz CT molecular complexity index is 856. The van der Waals surface area contributed by atoms with E-state index in [0.29, 0.717) is 4.88 Å². The Kier molecular flexibility index (Phi) is 4.96. The van der Waals surface area contributed by atoms with Crippen LogP contribution in [0, 0.1) is 6.92 Å². The van der Waals surface area contributed by atoms with Crippen LogP contribution in [0.3, 0.4) is 0 Å². The summed E-state index contributed by atoms with van der Waals surface area (Å²) in [7, 11) is 0. The van der Waals surface area contributed by atoms with Crippen molar-refractivity contribution in [2.45, 2.75) is 39.2 Å². The number of amides is 3. The number of hydrogen-bond donors (Lipinski definition) is 1. The molecule has 1 aliphatic heterocycles. The van der Waals surface area contributed by atoms with Crippen LogP contribution in [0.25, 0.3) is 0 Å². The number of ketones is 1. The van der Waals surface area contributed by atoms with E-state index in [9.17, 15) is 14.4 Å². The quantitative estimate of drug-likeness (QED) is 0.623. The normalized spacial score (nSPS) is 19.7. The first-order valence-electron chi connectivity index (χ1n) is 8.68. The monoisotopic (exact) mass is 370 g/mol. The lowest BCUT2D eigenvalue weighted by molar-refractivity contribution is -0.130. The molecular weight excluding hydrogens is 348 g/mol. The van der Waals surface area contributed by atoms with Gasteiger partial charge in [-0.1, -0.05) is 37.6 Å². The van der Waals surface area contributed by atoms with Crippen molar-refractivity contribution in [1.29, 1.82) is 0 Å². The molecule has 2 heterocycles. The second-order valence-electron chi connectivity index (χ2n) is 6.73. The van der Waals surface area contributed by atoms with E-state index in [1.807, 2.05) is 37.3 Å². The molecule has 1 saturated heterocycles. The Morgan fingerprint density at radius 3 is 2.42 bits per heavy atom. The lowest BCUT2D eigenvalue weighted by Crippen LogP contribution is -2.41. The Labute approximate surface area is 157 Å². The minimum absolute atomic E-state index is 0.228. The van der Waals surface area contributed by atoms with E-state index >= 15 is 0 Å². The van der Waals surface area contributed by atoms with Gasteiger partial charge < -0.3 is 5.32 Å². The average Bonchev–Trinajstić information content (AvgIpc) is 3.13. The minimum atomic E-state index is -1.15. The number of nitrogens with one attached hydrogen (secondary N) is 1. The molecule has 0 spiro atoms. The molecular formula is C20H22N2O3S. The van der Waals surface area contributed by atoms with Crippen molar-refractivity contribution in [1.82, 2.24) is 10.2 Å². The molecule has 136 valence electrons. The van der Waals surface area contributed by atoms with Crippen molar-refractivity contribution in [3.05, 3.63) is 57.3 Å². The van der Waals surface area contributed by atoms with Crippen LogP contribution in [-0.4, -0.2) is 29.2 Å². The van der Waals surface area contributed by atoms with Gasteiger partial charge >= 0.3 is 6.03 Å². The molecule has 1 aliphatic rings. The molecule has 0 radical (unpaired) electrons. The number of thiophene rings is 1. The molecule has 0 aliphatic carbocycles. The number of urea groups is 1. The number of imide groups is 1. The van der Waals surface area contributed by atoms with Gasteiger partial charge in [0.05, 0.1) is 11.4 Å². The first kappa shape index (κ1) is 18.3. The smallest absolute Gasteiger partial charge is 0.319 e. The van der Waals surface area contributed by atoms with Crippen molar-refractivity contribution in [3.63, 3.8) is 0 Å². The Hall–Kier alpha value is -2.47. The number of nitrogens with zero attached hydrogens (tertiary/aromatic N) is 1. The number of carbonyl (C=O) groups excluding carboxylic acids is 3. The summed E-state index contributed by atoms with van der Waals surface area (Å²) in [5.41, 5.74) is 0.766. The van der Waals surface area contributed by atoms with Crippen molar-refractivity contribution < 1.29 is 14.4 Å². The molecule has 1 aromatic carbocycles. The van der Waals surface area contributed by atoms with Gasteiger partial charge in [-0.15, -0.1) is 11.3 Å². The average molecular weight is 370 g/mol. The first-order chi connectivity index (χ1) is 12.3. The Morgan fingerprint density at radius 1 is 1.15 bits per heavy atom. The van der Waals surface area contributed by atoms with Gasteiger partial charge in [0.2, 0.25) is 0 Å². The molecule has 1 fully saturated rings. The summed E-state index contributed by atoms with van der Waals surface area (Å²) < 4.78 is 0. The van der Waals surface area contributed by atoms with Gasteiger partial charge in [-0.05, 0) is 43.5 Å². The molecule has 6 heteroatoms. The maximum Gasteiger partial charge on any atom is 0.325 e. The van der Waals surface area contributed by atoms with Gasteiger partial charge in [0.1, 0.15) is 5.54 Å². The van der Waals surface area contributed by atoms with Gasteiger partial charge in [0.15, 0.2) is 5.78 Å². The third-order valence-electron chi connectivity index (χ3n) is 4.66. The molecule has 3 rings (SSSR count). The van der Waals surface area contributed by atoms with Crippen LogP contribution < -0.4 is 5.32 Å². The molecule has 1 N–H and O–H groups in total. The summed E-state index contributed by atoms with van der Waals surface area (Å²) in [6, 6.07) is 10.8. The van der Waals surface area contributed by atoms with Crippen LogP contribution in [-0.2, 0) is 16.8 Å². The van der Waals surface area contributed by atoms with E-state index < -0.39 is 17.5 Å². The first-order valence-corrected chi connectivity index (χ1v) is 9.50. The lowest BCUT2D eigenvalue weighted by Gasteiger charge is -2.22. The molecule has 0 saturated carbocycles. The number of carbonyl (C=O) groups is 3. The molecule has 0 bridgehead atoms. The maximum atomic E-state index is 12.9. The van der Waals surface area contributed by atoms with E-state index in [1.54, 1.807) is 13.0 Å². The van der Waals surface area contributed by atoms with Crippen molar-refractivity contribution in [3.8, 4) is 0 Å². The van der Waals surface area contributed by atoms with Crippen LogP contribution in [0.1, 0.15) is 45.9 Å². The van der Waals surface area contributed by atoms with E-state index in [-0.39, 0.29) is 12.3 Å². The van der Waals surface area contributed by atoms with Crippen molar-refractivity contribution in [2.75, 3.05) is 6.54 Å². The molecule has 2 aromatic rings. The summed E-state index contributed by atoms with van der Waals surface area (Å²) in [6.07, 6.45) is 2.02. The molecule has 0 unspecified atom stereocenters. The van der Waals surface area contributed by atoms with E-state index in [4.69, 9.17) is 0 Å². The predicted molar refractivity (Wildman–Crippen MR) is 101 cm³/mol. The second kappa shape index (κ2) is 7.03. The van der Waals surface area contributed by atoms with Gasteiger partial charge in [-0.25, -0.2) is 4.79 Å². The van der Waals surface area contributed by atoms with Crippen LogP contribution >= 0.6 is 11.3 Å². The lowest BCUT2D eigenvalue weighted by atomic mass is 9.91. The SMILES string of the molecule is CCCc1ccc([C@]2(C)NC(=O)N(CC(=O)c3ccc(C)s3)C2=O)cc1. The number of rotatable bonds is 6. The third-order valence-corrected chi connectivity index (χ3v) is 5.70. The maximum absolute atomic E-state index is 12.9. The van der Waals surface area contributed by atoms with Crippen LogP contribution in [0.4, 0.5) is 4.79 Å². The molecule has 1 aromatic heterocycles. The van der Waals surface area contributed by atoms with Gasteiger partial charge in [-0.2, -0.15) is 0 Å². The summed E-state index contributed by atoms with van der Waals surface area (Å²) >= 11 is 1.36. The topological polar surface area (TPSA) is 66.5 Å². The fraction of sp³-hybridized carbons (Fsp3) is 0.350. The zero-order chi connectivity index (χ0) is 18.9. The number of Topliss-reactive ketones (excluding diaryl/α,β-unsaturated/α-hetero) is 1. The van der Waals surface area contributed by atoms with E-state index in [0.717, 1.165) is 28.2 Å². The summed E-state index contributed by atoms with van der Waals surface area (Å²) in [5, 5.41) is 2.75. The van der Waals surface area contributed by atoms with Crippen LogP contribution in [0.15, 0.2) is 36.4 Å². The van der Waals surface area contributed by atoms with Gasteiger partial charge in [-0.3, -0.25) is 14.5 Å². The van der Waals surface area contributed by atoms with E-state index in [2.05, 4.69) is 12.2 Å². The highest BCUT2D eigenvalue weighted by atomic mass is 32.1. The van der Waals surface area contributed by atoms with Gasteiger partial charge in [0, 0.05) is 4.88 Å². The number of hydrogen-bond acceptors (Lipinski definition) is 4. The minimum Gasteiger partial charge on any atom is -0.319 e. The molecule has 26 heavy (non-hydrogen) atoms. The highest BCUT2D eigenvalue weighted by molar-refractivity contribution is 7.14. The summed E-state index contributed by atoms with van der Waals surface area (Å²) in [5.74, 6) is -0.624. The highest BCUT2D eigenvalue weighted by Crippen LogP contribution is 2.29. The Balaban J connectivity index is 1.80. The fourth-order valence-corrected chi connectivity index (χ4v) is 3.93. The van der Waals surface area contributed by atoms with Crippen LogP contribution in [0.5, 0.6) is 0 Å². The van der Waals surface area contributed by atoms with Crippen molar-refractivity contribution in [2.24, 2.45) is 0 Å². The van der Waals surface area contributed by atoms with Crippen LogP contribution in [0.2, 0.25) is 0 Å². The zero-order valence-corrected chi connectivity index (χ0v) is 16.0. The second-order valence-corrected chi connectivity index (χ2v) is 8.01.